The van der Waals surface area contributed by atoms with E-state index in [0.29, 0.717) is 19.1 Å². The van der Waals surface area contributed by atoms with Crippen LogP contribution in [0, 0.1) is 10.1 Å². The Kier molecular flexibility index (Phi) is 5.69. The van der Waals surface area contributed by atoms with E-state index in [1.807, 2.05) is 0 Å². The van der Waals surface area contributed by atoms with Crippen LogP contribution >= 0.6 is 12.4 Å². The van der Waals surface area contributed by atoms with Gasteiger partial charge in [0.05, 0.1) is 18.1 Å². The fourth-order valence-electron chi connectivity index (χ4n) is 3.25. The summed E-state index contributed by atoms with van der Waals surface area (Å²) in [5.41, 5.74) is -0.197. The van der Waals surface area contributed by atoms with E-state index in [1.165, 1.54) is 23.5 Å². The number of hydrogen-bond acceptors (Lipinski definition) is 6. The van der Waals surface area contributed by atoms with Crippen molar-refractivity contribution in [1.82, 2.24) is 9.62 Å². The number of benzene rings is 1. The number of nitro groups is 1. The van der Waals surface area contributed by atoms with Crippen LogP contribution in [-0.4, -0.2) is 49.9 Å². The molecule has 0 spiro atoms. The van der Waals surface area contributed by atoms with E-state index in [1.54, 1.807) is 0 Å². The zero-order chi connectivity index (χ0) is 16.6. The van der Waals surface area contributed by atoms with Gasteiger partial charge in [-0.15, -0.1) is 12.4 Å². The first-order valence-corrected chi connectivity index (χ1v) is 8.94. The van der Waals surface area contributed by atoms with Gasteiger partial charge in [-0.1, -0.05) is 0 Å². The van der Waals surface area contributed by atoms with E-state index in [4.69, 9.17) is 4.74 Å². The Hall–Kier alpha value is -1.42. The van der Waals surface area contributed by atoms with Gasteiger partial charge in [0, 0.05) is 31.2 Å². The molecule has 2 atom stereocenters. The molecule has 2 aliphatic rings. The molecule has 1 aromatic carbocycles. The first-order chi connectivity index (χ1) is 10.9. The highest BCUT2D eigenvalue weighted by atomic mass is 35.5. The molecule has 1 N–H and O–H groups in total. The standard InChI is InChI=1S/C14H19N3O5S.ClH/c1-22-13-8-12(17(18)19)4-5-14(13)23(20,21)16-7-6-10-2-3-11(9-16)15-10;/h4-5,8,10-11,15H,2-3,6-7,9H2,1H3;1H. The number of nitrogens with zero attached hydrogens (tertiary/aromatic N) is 2. The third-order valence-electron chi connectivity index (χ3n) is 4.46. The summed E-state index contributed by atoms with van der Waals surface area (Å²) >= 11 is 0. The molecule has 0 radical (unpaired) electrons. The highest BCUT2D eigenvalue weighted by Crippen LogP contribution is 2.32. The van der Waals surface area contributed by atoms with Crippen molar-refractivity contribution in [3.63, 3.8) is 0 Å². The van der Waals surface area contributed by atoms with Gasteiger partial charge in [0.15, 0.2) is 0 Å². The maximum atomic E-state index is 12.9. The number of hydrogen-bond donors (Lipinski definition) is 1. The van der Waals surface area contributed by atoms with Crippen molar-refractivity contribution in [3.05, 3.63) is 28.3 Å². The van der Waals surface area contributed by atoms with E-state index < -0.39 is 14.9 Å². The van der Waals surface area contributed by atoms with Crippen LogP contribution in [-0.2, 0) is 10.0 Å². The minimum atomic E-state index is -3.75. The van der Waals surface area contributed by atoms with Crippen LogP contribution in [0.4, 0.5) is 5.69 Å². The fraction of sp³-hybridized carbons (Fsp3) is 0.571. The molecule has 0 saturated carbocycles. The molecule has 24 heavy (non-hydrogen) atoms. The van der Waals surface area contributed by atoms with Gasteiger partial charge in [-0.3, -0.25) is 10.1 Å². The van der Waals surface area contributed by atoms with Gasteiger partial charge in [-0.25, -0.2) is 8.42 Å². The quantitative estimate of drug-likeness (QED) is 0.630. The van der Waals surface area contributed by atoms with Crippen molar-refractivity contribution in [2.75, 3.05) is 20.2 Å². The Bertz CT molecular complexity index is 727. The van der Waals surface area contributed by atoms with Gasteiger partial charge in [-0.2, -0.15) is 4.31 Å². The second kappa shape index (κ2) is 7.22. The Morgan fingerprint density at radius 3 is 2.67 bits per heavy atom. The molecule has 3 rings (SSSR count). The maximum absolute atomic E-state index is 12.9. The summed E-state index contributed by atoms with van der Waals surface area (Å²) < 4.78 is 32.4. The average Bonchev–Trinajstić information content (AvgIpc) is 2.84. The summed E-state index contributed by atoms with van der Waals surface area (Å²) in [6, 6.07) is 4.13. The minimum absolute atomic E-state index is 0. The minimum Gasteiger partial charge on any atom is -0.495 e. The van der Waals surface area contributed by atoms with E-state index in [-0.39, 0.29) is 34.8 Å². The van der Waals surface area contributed by atoms with Crippen LogP contribution in [0.5, 0.6) is 5.75 Å². The summed E-state index contributed by atoms with van der Waals surface area (Å²) in [5, 5.41) is 14.3. The van der Waals surface area contributed by atoms with Crippen LogP contribution in [0.1, 0.15) is 19.3 Å². The Labute approximate surface area is 146 Å². The predicted octanol–water partition coefficient (Wildman–Crippen LogP) is 1.54. The van der Waals surface area contributed by atoms with Crippen LogP contribution in [0.15, 0.2) is 23.1 Å². The number of non-ortho nitro benzene ring substituents is 1. The number of rotatable bonds is 4. The molecular formula is C14H20ClN3O5S. The number of nitro benzene ring substituents is 1. The highest BCUT2D eigenvalue weighted by molar-refractivity contribution is 7.89. The van der Waals surface area contributed by atoms with Crippen molar-refractivity contribution in [2.45, 2.75) is 36.2 Å². The van der Waals surface area contributed by atoms with Crippen LogP contribution in [0.3, 0.4) is 0 Å². The predicted molar refractivity (Wildman–Crippen MR) is 90.2 cm³/mol. The largest absolute Gasteiger partial charge is 0.495 e. The molecule has 2 heterocycles. The Morgan fingerprint density at radius 1 is 1.29 bits per heavy atom. The maximum Gasteiger partial charge on any atom is 0.273 e. The molecule has 8 nitrogen and oxygen atoms in total. The van der Waals surface area contributed by atoms with Gasteiger partial charge in [0.25, 0.3) is 5.69 Å². The van der Waals surface area contributed by atoms with Crippen molar-refractivity contribution >= 4 is 28.1 Å². The van der Waals surface area contributed by atoms with Gasteiger partial charge in [0.2, 0.25) is 10.0 Å². The molecule has 2 aliphatic heterocycles. The van der Waals surface area contributed by atoms with E-state index >= 15 is 0 Å². The smallest absolute Gasteiger partial charge is 0.273 e. The summed E-state index contributed by atoms with van der Waals surface area (Å²) in [6.07, 6.45) is 2.82. The first-order valence-electron chi connectivity index (χ1n) is 7.50. The molecule has 134 valence electrons. The van der Waals surface area contributed by atoms with Gasteiger partial charge < -0.3 is 10.1 Å². The van der Waals surface area contributed by atoms with Gasteiger partial charge in [-0.05, 0) is 25.3 Å². The molecule has 2 bridgehead atoms. The van der Waals surface area contributed by atoms with E-state index in [9.17, 15) is 18.5 Å². The molecule has 0 amide bonds. The van der Waals surface area contributed by atoms with Crippen molar-refractivity contribution in [1.29, 1.82) is 0 Å². The molecule has 1 aromatic rings. The molecule has 0 aromatic heterocycles. The fourth-order valence-corrected chi connectivity index (χ4v) is 4.89. The Morgan fingerprint density at radius 2 is 2.00 bits per heavy atom. The SMILES string of the molecule is COc1cc([N+](=O)[O-])ccc1S(=O)(=O)N1CCC2CCC(C1)N2.Cl. The normalized spacial score (nSPS) is 24.0. The lowest BCUT2D eigenvalue weighted by Gasteiger charge is -2.24. The topological polar surface area (TPSA) is 102 Å². The molecule has 2 fully saturated rings. The van der Waals surface area contributed by atoms with Crippen LogP contribution in [0.25, 0.3) is 0 Å². The van der Waals surface area contributed by atoms with E-state index in [2.05, 4.69) is 5.32 Å². The number of fused-ring (bicyclic) bond motifs is 2. The zero-order valence-electron chi connectivity index (χ0n) is 13.2. The number of methoxy groups -OCH3 is 1. The van der Waals surface area contributed by atoms with Crippen LogP contribution < -0.4 is 10.1 Å². The van der Waals surface area contributed by atoms with E-state index in [0.717, 1.165) is 25.3 Å². The highest BCUT2D eigenvalue weighted by Gasteiger charge is 2.36. The van der Waals surface area contributed by atoms with Gasteiger partial charge in [0.1, 0.15) is 10.6 Å². The van der Waals surface area contributed by atoms with Crippen molar-refractivity contribution in [3.8, 4) is 5.75 Å². The zero-order valence-corrected chi connectivity index (χ0v) is 14.8. The number of ether oxygens (including phenoxy) is 1. The molecule has 2 saturated heterocycles. The number of halogens is 1. The summed E-state index contributed by atoms with van der Waals surface area (Å²) in [5.74, 6) is 0.00145. The summed E-state index contributed by atoms with van der Waals surface area (Å²) in [4.78, 5) is 10.2. The summed E-state index contributed by atoms with van der Waals surface area (Å²) in [6.45, 7) is 0.857. The summed E-state index contributed by atoms with van der Waals surface area (Å²) in [7, 11) is -2.44. The van der Waals surface area contributed by atoms with Crippen molar-refractivity contribution in [2.24, 2.45) is 0 Å². The van der Waals surface area contributed by atoms with Crippen molar-refractivity contribution < 1.29 is 18.1 Å². The average molecular weight is 378 g/mol. The molecule has 0 aliphatic carbocycles. The van der Waals surface area contributed by atoms with Crippen LogP contribution in [0.2, 0.25) is 0 Å². The molecular weight excluding hydrogens is 358 g/mol. The molecule has 2 unspecified atom stereocenters. The lowest BCUT2D eigenvalue weighted by Crippen LogP contribution is -2.39. The lowest BCUT2D eigenvalue weighted by atomic mass is 10.1. The van der Waals surface area contributed by atoms with Gasteiger partial charge >= 0.3 is 0 Å². The Balaban J connectivity index is 0.00000208. The number of sulfonamides is 1. The molecule has 10 heteroatoms. The first kappa shape index (κ1) is 18.9. The third-order valence-corrected chi connectivity index (χ3v) is 6.37. The second-order valence-electron chi connectivity index (χ2n) is 5.88. The lowest BCUT2D eigenvalue weighted by molar-refractivity contribution is -0.385. The third kappa shape index (κ3) is 3.49. The number of nitrogens with one attached hydrogen (secondary N) is 1. The monoisotopic (exact) mass is 377 g/mol. The second-order valence-corrected chi connectivity index (χ2v) is 7.79.